The molecule has 0 aromatic carbocycles. The largest absolute Gasteiger partial charge is 0.462 e. The minimum atomic E-state index is -0.776. The third-order valence-electron chi connectivity index (χ3n) is 16.5. The van der Waals surface area contributed by atoms with Gasteiger partial charge in [0.05, 0.1) is 0 Å². The molecule has 0 saturated carbocycles. The van der Waals surface area contributed by atoms with Crippen molar-refractivity contribution >= 4 is 17.9 Å². The average Bonchev–Trinajstić information content (AvgIpc) is 3.49. The van der Waals surface area contributed by atoms with Crippen molar-refractivity contribution in [1.29, 1.82) is 0 Å². The molecule has 0 aromatic heterocycles. The normalized spacial score (nSPS) is 12.4. The van der Waals surface area contributed by atoms with Gasteiger partial charge in [0.25, 0.3) is 0 Å². The number of hydrogen-bond acceptors (Lipinski definition) is 6. The Morgan fingerprint density at radius 2 is 0.470 bits per heavy atom. The summed E-state index contributed by atoms with van der Waals surface area (Å²) in [5.41, 5.74) is 0. The number of carbonyl (C=O) groups excluding carboxylic acids is 3. The molecular weight excluding hydrogens is 1020 g/mol. The molecule has 0 heterocycles. The molecule has 0 fully saturated rings. The molecule has 0 aromatic rings. The predicted molar refractivity (Wildman–Crippen MR) is 362 cm³/mol. The lowest BCUT2D eigenvalue weighted by Gasteiger charge is -2.18. The molecule has 0 aliphatic rings. The summed E-state index contributed by atoms with van der Waals surface area (Å²) in [6.07, 6.45) is 92.6. The second-order valence-electron chi connectivity index (χ2n) is 24.8. The standard InChI is InChI=1S/C77H140O6/c1-4-7-10-13-16-19-22-25-27-29-31-33-35-36-37-38-39-40-42-43-45-47-49-52-55-58-61-64-67-70-76(79)82-73-74(72-81-75(78)69-66-63-60-57-54-51-24-21-18-15-12-9-6-3)83-77(80)71-68-65-62-59-56-53-50-48-46-44-41-34-32-30-28-26-23-20-17-14-11-8-5-2/h7,10,16,19,21,24-25,27,31,33,74H,4-6,8-9,11-15,17-18,20,22-23,26,28-30,32,34-73H2,1-3H3/b10-7-,19-16-,24-21-,27-25-,33-31-. The summed E-state index contributed by atoms with van der Waals surface area (Å²) in [6, 6.07) is 0. The first-order chi connectivity index (χ1) is 41.0. The second-order valence-corrected chi connectivity index (χ2v) is 24.8. The van der Waals surface area contributed by atoms with Crippen LogP contribution in [0.2, 0.25) is 0 Å². The number of ether oxygens (including phenoxy) is 3. The third-order valence-corrected chi connectivity index (χ3v) is 16.5. The van der Waals surface area contributed by atoms with Crippen LogP contribution in [0, 0.1) is 0 Å². The van der Waals surface area contributed by atoms with Gasteiger partial charge >= 0.3 is 17.9 Å². The Labute approximate surface area is 517 Å². The van der Waals surface area contributed by atoms with Crippen LogP contribution in [0.3, 0.4) is 0 Å². The smallest absolute Gasteiger partial charge is 0.306 e. The van der Waals surface area contributed by atoms with Crippen molar-refractivity contribution in [2.75, 3.05) is 13.2 Å². The van der Waals surface area contributed by atoms with Gasteiger partial charge in [-0.3, -0.25) is 14.4 Å². The van der Waals surface area contributed by atoms with E-state index in [-0.39, 0.29) is 31.1 Å². The van der Waals surface area contributed by atoms with Gasteiger partial charge in [0.2, 0.25) is 0 Å². The van der Waals surface area contributed by atoms with Gasteiger partial charge in [0, 0.05) is 19.3 Å². The van der Waals surface area contributed by atoms with Crippen LogP contribution in [-0.4, -0.2) is 37.2 Å². The van der Waals surface area contributed by atoms with Crippen molar-refractivity contribution in [3.05, 3.63) is 60.8 Å². The van der Waals surface area contributed by atoms with Crippen molar-refractivity contribution in [3.8, 4) is 0 Å². The van der Waals surface area contributed by atoms with Gasteiger partial charge in [0.15, 0.2) is 6.10 Å². The van der Waals surface area contributed by atoms with Gasteiger partial charge in [-0.25, -0.2) is 0 Å². The van der Waals surface area contributed by atoms with Crippen LogP contribution >= 0.6 is 0 Å². The fourth-order valence-electron chi connectivity index (χ4n) is 11.0. The highest BCUT2D eigenvalue weighted by Crippen LogP contribution is 2.19. The lowest BCUT2D eigenvalue weighted by molar-refractivity contribution is -0.167. The summed E-state index contributed by atoms with van der Waals surface area (Å²) in [6.45, 7) is 6.58. The summed E-state index contributed by atoms with van der Waals surface area (Å²) in [4.78, 5) is 38.5. The van der Waals surface area contributed by atoms with Crippen LogP contribution in [0.4, 0.5) is 0 Å². The van der Waals surface area contributed by atoms with Crippen molar-refractivity contribution in [2.45, 2.75) is 399 Å². The van der Waals surface area contributed by atoms with E-state index in [1.54, 1.807) is 0 Å². The molecule has 0 aliphatic heterocycles. The maximum atomic E-state index is 13.0. The number of unbranched alkanes of at least 4 members (excludes halogenated alkanes) is 47. The van der Waals surface area contributed by atoms with E-state index in [4.69, 9.17) is 14.2 Å². The first-order valence-electron chi connectivity index (χ1n) is 36.8. The zero-order chi connectivity index (χ0) is 59.9. The molecule has 1 unspecified atom stereocenters. The van der Waals surface area contributed by atoms with Gasteiger partial charge in [-0.1, -0.05) is 351 Å². The van der Waals surface area contributed by atoms with Crippen LogP contribution in [0.5, 0.6) is 0 Å². The van der Waals surface area contributed by atoms with Gasteiger partial charge < -0.3 is 14.2 Å². The van der Waals surface area contributed by atoms with Crippen molar-refractivity contribution < 1.29 is 28.6 Å². The molecule has 0 spiro atoms. The maximum absolute atomic E-state index is 13.0. The van der Waals surface area contributed by atoms with E-state index in [1.165, 1.54) is 263 Å². The molecule has 0 N–H and O–H groups in total. The van der Waals surface area contributed by atoms with Crippen LogP contribution in [0.1, 0.15) is 393 Å². The average molecular weight is 1160 g/mol. The zero-order valence-electron chi connectivity index (χ0n) is 55.7. The van der Waals surface area contributed by atoms with Crippen molar-refractivity contribution in [1.82, 2.24) is 0 Å². The number of hydrogen-bond donors (Lipinski definition) is 0. The molecule has 6 heteroatoms. The van der Waals surface area contributed by atoms with E-state index in [0.29, 0.717) is 19.3 Å². The summed E-state index contributed by atoms with van der Waals surface area (Å²) >= 11 is 0. The molecule has 1 atom stereocenters. The number of rotatable bonds is 68. The lowest BCUT2D eigenvalue weighted by Crippen LogP contribution is -2.30. The second kappa shape index (κ2) is 71.6. The quantitative estimate of drug-likeness (QED) is 0.0261. The van der Waals surface area contributed by atoms with E-state index < -0.39 is 6.10 Å². The van der Waals surface area contributed by atoms with Crippen molar-refractivity contribution in [3.63, 3.8) is 0 Å². The Kier molecular flexibility index (Phi) is 69.1. The molecule has 0 rings (SSSR count). The number of carbonyl (C=O) groups is 3. The molecule has 0 saturated heterocycles. The van der Waals surface area contributed by atoms with Crippen LogP contribution < -0.4 is 0 Å². The van der Waals surface area contributed by atoms with Crippen LogP contribution in [-0.2, 0) is 28.6 Å². The Balaban J connectivity index is 4.20. The maximum Gasteiger partial charge on any atom is 0.306 e. The topological polar surface area (TPSA) is 78.9 Å². The third kappa shape index (κ3) is 69.8. The fourth-order valence-corrected chi connectivity index (χ4v) is 11.0. The highest BCUT2D eigenvalue weighted by molar-refractivity contribution is 5.71. The van der Waals surface area contributed by atoms with E-state index in [1.807, 2.05) is 0 Å². The van der Waals surface area contributed by atoms with Gasteiger partial charge in [0.1, 0.15) is 13.2 Å². The lowest BCUT2D eigenvalue weighted by atomic mass is 10.0. The minimum absolute atomic E-state index is 0.0712. The number of esters is 3. The van der Waals surface area contributed by atoms with Gasteiger partial charge in [-0.05, 0) is 83.5 Å². The summed E-state index contributed by atoms with van der Waals surface area (Å²) in [5.74, 6) is -0.852. The Bertz CT molecular complexity index is 1470. The predicted octanol–water partition coefficient (Wildman–Crippen LogP) is 25.5. The summed E-state index contributed by atoms with van der Waals surface area (Å²) < 4.78 is 17.0. The first kappa shape index (κ1) is 80.1. The molecule has 0 amide bonds. The SMILES string of the molecule is CC/C=C\C/C=C\C/C=C\C/C=C\CCCCCCCCCCCCCCCCCCC(=O)OCC(COC(=O)CCCCCCC/C=C\CCCCCC)OC(=O)CCCCCCCCCCCCCCCCCCCCCCCCC. The molecular formula is C77H140O6. The fraction of sp³-hybridized carbons (Fsp3) is 0.831. The molecule has 83 heavy (non-hydrogen) atoms. The Morgan fingerprint density at radius 1 is 0.253 bits per heavy atom. The number of allylic oxidation sites excluding steroid dienone is 10. The van der Waals surface area contributed by atoms with E-state index >= 15 is 0 Å². The highest BCUT2D eigenvalue weighted by Gasteiger charge is 2.19. The van der Waals surface area contributed by atoms with Crippen LogP contribution in [0.15, 0.2) is 60.8 Å². The first-order valence-corrected chi connectivity index (χ1v) is 36.8. The summed E-state index contributed by atoms with van der Waals surface area (Å²) in [5, 5.41) is 0. The van der Waals surface area contributed by atoms with Gasteiger partial charge in [-0.15, -0.1) is 0 Å². The summed E-state index contributed by atoms with van der Waals surface area (Å²) in [7, 11) is 0. The molecule has 0 aliphatic carbocycles. The molecule has 6 nitrogen and oxygen atoms in total. The molecule has 0 bridgehead atoms. The Hall–Kier alpha value is -2.89. The van der Waals surface area contributed by atoms with E-state index in [2.05, 4.69) is 81.5 Å². The van der Waals surface area contributed by atoms with Crippen LogP contribution in [0.25, 0.3) is 0 Å². The van der Waals surface area contributed by atoms with Crippen molar-refractivity contribution in [2.24, 2.45) is 0 Å². The monoisotopic (exact) mass is 1160 g/mol. The molecule has 0 radical (unpaired) electrons. The van der Waals surface area contributed by atoms with E-state index in [9.17, 15) is 14.4 Å². The zero-order valence-corrected chi connectivity index (χ0v) is 55.7. The van der Waals surface area contributed by atoms with Gasteiger partial charge in [-0.2, -0.15) is 0 Å². The highest BCUT2D eigenvalue weighted by atomic mass is 16.6. The Morgan fingerprint density at radius 3 is 0.759 bits per heavy atom. The molecule has 484 valence electrons. The minimum Gasteiger partial charge on any atom is -0.462 e. The van der Waals surface area contributed by atoms with E-state index in [0.717, 1.165) is 89.9 Å².